The molecule has 5 nitrogen and oxygen atoms in total. The molecule has 30 heavy (non-hydrogen) atoms. The molecule has 1 saturated heterocycles. The smallest absolute Gasteiger partial charge is 0.188 e. The van der Waals surface area contributed by atoms with E-state index in [1.165, 1.54) is 11.8 Å². The van der Waals surface area contributed by atoms with Gasteiger partial charge in [0.25, 0.3) is 0 Å². The summed E-state index contributed by atoms with van der Waals surface area (Å²) >= 11 is 1.40. The molecule has 2 aromatic heterocycles. The van der Waals surface area contributed by atoms with E-state index in [0.29, 0.717) is 10.9 Å². The number of carbonyl (C=O) groups excluding carboxylic acids is 1. The number of ketones is 1. The van der Waals surface area contributed by atoms with Crippen LogP contribution in [0.25, 0.3) is 11.3 Å². The van der Waals surface area contributed by atoms with E-state index in [0.717, 1.165) is 59.9 Å². The average molecular weight is 422 g/mol. The Balaban J connectivity index is 1.47. The fourth-order valence-corrected chi connectivity index (χ4v) is 4.71. The number of benzene rings is 1. The molecule has 0 amide bonds. The van der Waals surface area contributed by atoms with Crippen molar-refractivity contribution >= 4 is 17.5 Å². The number of aromatic nitrogens is 3. The van der Waals surface area contributed by atoms with E-state index < -0.39 is 0 Å². The summed E-state index contributed by atoms with van der Waals surface area (Å²) in [5, 5.41) is 0.635. The number of aryl methyl sites for hydroxylation is 2. The zero-order valence-corrected chi connectivity index (χ0v) is 18.5. The van der Waals surface area contributed by atoms with Crippen molar-refractivity contribution in [2.75, 3.05) is 12.4 Å². The van der Waals surface area contributed by atoms with Gasteiger partial charge in [-0.1, -0.05) is 42.1 Å². The number of carbonyl (C=O) groups is 1. The number of hydrogen-bond acceptors (Lipinski definition) is 5. The lowest BCUT2D eigenvalue weighted by atomic mass is 10.1. The van der Waals surface area contributed by atoms with Crippen molar-refractivity contribution in [2.24, 2.45) is 0 Å². The Labute approximate surface area is 181 Å². The Morgan fingerprint density at radius 3 is 2.70 bits per heavy atom. The highest BCUT2D eigenvalue weighted by Crippen LogP contribution is 2.25. The lowest BCUT2D eigenvalue weighted by molar-refractivity contribution is 0.0957. The van der Waals surface area contributed by atoms with Crippen molar-refractivity contribution in [3.8, 4) is 11.3 Å². The van der Waals surface area contributed by atoms with Crippen molar-refractivity contribution < 1.29 is 9.53 Å². The van der Waals surface area contributed by atoms with Crippen LogP contribution >= 0.6 is 11.8 Å². The molecule has 0 unspecified atom stereocenters. The number of Topliss-reactive ketones (excluding diaryl/α,β-unsaturated/α-hetero) is 1. The van der Waals surface area contributed by atoms with Crippen LogP contribution in [0.4, 0.5) is 0 Å². The molecule has 0 spiro atoms. The van der Waals surface area contributed by atoms with Gasteiger partial charge in [0.2, 0.25) is 0 Å². The van der Waals surface area contributed by atoms with Crippen molar-refractivity contribution in [3.05, 3.63) is 65.1 Å². The highest BCUT2D eigenvalue weighted by Gasteiger charge is 2.21. The van der Waals surface area contributed by atoms with E-state index >= 15 is 0 Å². The first-order chi connectivity index (χ1) is 14.5. The molecule has 0 radical (unpaired) electrons. The molecule has 3 heterocycles. The lowest BCUT2D eigenvalue weighted by Crippen LogP contribution is -2.17. The summed E-state index contributed by atoms with van der Waals surface area (Å²) in [6.45, 7) is 7.70. The first-order valence-corrected chi connectivity index (χ1v) is 11.4. The molecule has 6 heteroatoms. The first-order valence-electron chi connectivity index (χ1n) is 10.4. The highest BCUT2D eigenvalue weighted by atomic mass is 32.2. The second kappa shape index (κ2) is 9.14. The van der Waals surface area contributed by atoms with Gasteiger partial charge in [-0.2, -0.15) is 0 Å². The molecule has 156 valence electrons. The highest BCUT2D eigenvalue weighted by molar-refractivity contribution is 7.99. The van der Waals surface area contributed by atoms with Gasteiger partial charge in [-0.15, -0.1) is 0 Å². The summed E-state index contributed by atoms with van der Waals surface area (Å²) in [4.78, 5) is 22.1. The topological polar surface area (TPSA) is 57.0 Å². The molecule has 0 bridgehead atoms. The van der Waals surface area contributed by atoms with Crippen LogP contribution in [-0.2, 0) is 11.3 Å². The van der Waals surface area contributed by atoms with Crippen LogP contribution in [0.3, 0.4) is 0 Å². The van der Waals surface area contributed by atoms with Gasteiger partial charge in [0.1, 0.15) is 0 Å². The quantitative estimate of drug-likeness (QED) is 0.304. The number of nitrogens with zero attached hydrogens (tertiary/aromatic N) is 3. The van der Waals surface area contributed by atoms with Crippen LogP contribution in [0.15, 0.2) is 47.6 Å². The molecule has 1 atom stereocenters. The van der Waals surface area contributed by atoms with E-state index in [4.69, 9.17) is 4.74 Å². The molecule has 3 aromatic rings. The predicted octanol–water partition coefficient (Wildman–Crippen LogP) is 5.02. The fourth-order valence-electron chi connectivity index (χ4n) is 3.93. The zero-order valence-electron chi connectivity index (χ0n) is 17.7. The largest absolute Gasteiger partial charge is 0.376 e. The van der Waals surface area contributed by atoms with Gasteiger partial charge in [0, 0.05) is 41.4 Å². The average Bonchev–Trinajstić information content (AvgIpc) is 3.36. The number of hydrogen-bond donors (Lipinski definition) is 0. The molecule has 0 aliphatic carbocycles. The van der Waals surface area contributed by atoms with Crippen molar-refractivity contribution in [3.63, 3.8) is 0 Å². The van der Waals surface area contributed by atoms with Crippen LogP contribution in [-0.4, -0.2) is 38.8 Å². The summed E-state index contributed by atoms with van der Waals surface area (Å²) in [7, 11) is 0. The third-order valence-electron chi connectivity index (χ3n) is 5.52. The van der Waals surface area contributed by atoms with E-state index in [9.17, 15) is 4.79 Å². The van der Waals surface area contributed by atoms with Crippen LogP contribution in [0, 0.1) is 20.8 Å². The second-order valence-electron chi connectivity index (χ2n) is 7.79. The van der Waals surface area contributed by atoms with Gasteiger partial charge in [0.05, 0.1) is 17.6 Å². The number of rotatable bonds is 7. The third-order valence-corrected chi connectivity index (χ3v) is 6.37. The minimum atomic E-state index is 0.109. The molecule has 1 aliphatic rings. The summed E-state index contributed by atoms with van der Waals surface area (Å²) in [5.74, 6) is 0.431. The van der Waals surface area contributed by atoms with E-state index in [2.05, 4.69) is 21.5 Å². The minimum absolute atomic E-state index is 0.109. The molecular weight excluding hydrogens is 394 g/mol. The van der Waals surface area contributed by atoms with Gasteiger partial charge in [-0.25, -0.2) is 9.97 Å². The molecule has 0 N–H and O–H groups in total. The monoisotopic (exact) mass is 421 g/mol. The van der Waals surface area contributed by atoms with Crippen LogP contribution < -0.4 is 0 Å². The Kier molecular flexibility index (Phi) is 6.35. The van der Waals surface area contributed by atoms with E-state index in [1.54, 1.807) is 0 Å². The Morgan fingerprint density at radius 1 is 1.17 bits per heavy atom. The summed E-state index contributed by atoms with van der Waals surface area (Å²) in [6, 6.07) is 14.0. The first kappa shape index (κ1) is 20.8. The van der Waals surface area contributed by atoms with Crippen molar-refractivity contribution in [2.45, 2.75) is 51.4 Å². The molecular formula is C24H27N3O2S. The van der Waals surface area contributed by atoms with E-state index in [1.807, 2.05) is 56.3 Å². The van der Waals surface area contributed by atoms with Gasteiger partial charge in [0.15, 0.2) is 10.9 Å². The van der Waals surface area contributed by atoms with Gasteiger partial charge < -0.3 is 9.30 Å². The second-order valence-corrected chi connectivity index (χ2v) is 8.73. The van der Waals surface area contributed by atoms with Crippen LogP contribution in [0.2, 0.25) is 0 Å². The van der Waals surface area contributed by atoms with Gasteiger partial charge in [-0.05, 0) is 45.7 Å². The van der Waals surface area contributed by atoms with Crippen molar-refractivity contribution in [1.82, 2.24) is 14.5 Å². The maximum absolute atomic E-state index is 13.0. The minimum Gasteiger partial charge on any atom is -0.376 e. The van der Waals surface area contributed by atoms with Gasteiger partial charge in [-0.3, -0.25) is 4.79 Å². The predicted molar refractivity (Wildman–Crippen MR) is 120 cm³/mol. The molecule has 1 fully saturated rings. The van der Waals surface area contributed by atoms with Crippen LogP contribution in [0.5, 0.6) is 0 Å². The SMILES string of the molecule is Cc1cc(-c2ccccc2)nc(SCC(=O)c2cc(C)n(C[C@@H]3CCCO3)c2C)n1. The fraction of sp³-hybridized carbons (Fsp3) is 0.375. The molecule has 1 aromatic carbocycles. The van der Waals surface area contributed by atoms with Crippen molar-refractivity contribution in [1.29, 1.82) is 0 Å². The van der Waals surface area contributed by atoms with Gasteiger partial charge >= 0.3 is 0 Å². The Bertz CT molecular complexity index is 1040. The summed E-state index contributed by atoms with van der Waals surface area (Å²) < 4.78 is 7.99. The third kappa shape index (κ3) is 4.65. The Morgan fingerprint density at radius 2 is 1.97 bits per heavy atom. The normalized spacial score (nSPS) is 16.2. The maximum Gasteiger partial charge on any atom is 0.188 e. The molecule has 4 rings (SSSR count). The summed E-state index contributed by atoms with van der Waals surface area (Å²) in [5.41, 5.74) is 5.74. The number of thioether (sulfide) groups is 1. The molecule has 1 aliphatic heterocycles. The molecule has 0 saturated carbocycles. The standard InChI is InChI=1S/C24H27N3O2S/c1-16-12-22(19-8-5-4-6-9-19)26-24(25-16)30-15-23(28)21-13-17(2)27(18(21)3)14-20-10-7-11-29-20/h4-6,8-9,12-13,20H,7,10-11,14-15H2,1-3H3/t20-/m0/s1. The summed E-state index contributed by atoms with van der Waals surface area (Å²) in [6.07, 6.45) is 2.46. The Hall–Kier alpha value is -2.44. The van der Waals surface area contributed by atoms with E-state index in [-0.39, 0.29) is 11.9 Å². The van der Waals surface area contributed by atoms with Crippen LogP contribution in [0.1, 0.15) is 40.3 Å². The maximum atomic E-state index is 13.0. The number of ether oxygens (including phenoxy) is 1. The lowest BCUT2D eigenvalue weighted by Gasteiger charge is -2.14. The zero-order chi connectivity index (χ0) is 21.1.